The fourth-order valence-corrected chi connectivity index (χ4v) is 3.54. The standard InChI is InChI=1S/C13H14N4O3S/c14-13-15-8-10(9-16-13)21(18,19)17-6-3-7-20-12-5-2-1-4-11(12)17/h1-2,4-5,8-9H,3,6-7H2,(H2,14,15,16). The molecule has 110 valence electrons. The molecule has 0 aliphatic carbocycles. The molecule has 2 aromatic rings. The van der Waals surface area contributed by atoms with Crippen LogP contribution in [0.4, 0.5) is 11.6 Å². The van der Waals surface area contributed by atoms with Crippen molar-refractivity contribution in [1.29, 1.82) is 0 Å². The predicted octanol–water partition coefficient (Wildman–Crippen LogP) is 1.04. The molecule has 1 aromatic carbocycles. The first-order valence-corrected chi connectivity index (χ1v) is 7.85. The maximum absolute atomic E-state index is 12.8. The summed E-state index contributed by atoms with van der Waals surface area (Å²) in [5.41, 5.74) is 5.92. The Morgan fingerprint density at radius 2 is 1.90 bits per heavy atom. The largest absolute Gasteiger partial charge is 0.491 e. The molecule has 0 atom stereocenters. The van der Waals surface area contributed by atoms with E-state index in [1.807, 2.05) is 0 Å². The maximum Gasteiger partial charge on any atom is 0.267 e. The van der Waals surface area contributed by atoms with Gasteiger partial charge in [0.15, 0.2) is 0 Å². The average Bonchev–Trinajstić information content (AvgIpc) is 2.70. The fraction of sp³-hybridized carbons (Fsp3) is 0.231. The Labute approximate surface area is 122 Å². The molecule has 0 saturated heterocycles. The highest BCUT2D eigenvalue weighted by Crippen LogP contribution is 2.34. The van der Waals surface area contributed by atoms with Crippen LogP contribution in [0.5, 0.6) is 5.75 Å². The number of para-hydroxylation sites is 2. The quantitative estimate of drug-likeness (QED) is 0.890. The minimum Gasteiger partial charge on any atom is -0.491 e. The van der Waals surface area contributed by atoms with Crippen molar-refractivity contribution in [1.82, 2.24) is 9.97 Å². The summed E-state index contributed by atoms with van der Waals surface area (Å²) in [6, 6.07) is 7.05. The van der Waals surface area contributed by atoms with Crippen LogP contribution in [-0.4, -0.2) is 31.5 Å². The van der Waals surface area contributed by atoms with Crippen molar-refractivity contribution in [2.75, 3.05) is 23.2 Å². The van der Waals surface area contributed by atoms with Gasteiger partial charge in [0.25, 0.3) is 10.0 Å². The Morgan fingerprint density at radius 1 is 1.19 bits per heavy atom. The molecule has 0 spiro atoms. The summed E-state index contributed by atoms with van der Waals surface area (Å²) in [6.07, 6.45) is 3.03. The van der Waals surface area contributed by atoms with Crippen molar-refractivity contribution in [3.05, 3.63) is 36.7 Å². The second-order valence-electron chi connectivity index (χ2n) is 4.52. The van der Waals surface area contributed by atoms with Crippen molar-refractivity contribution in [2.24, 2.45) is 0 Å². The third-order valence-corrected chi connectivity index (χ3v) is 4.90. The Morgan fingerprint density at radius 3 is 2.67 bits per heavy atom. The van der Waals surface area contributed by atoms with Gasteiger partial charge in [0.05, 0.1) is 24.7 Å². The molecule has 0 radical (unpaired) electrons. The van der Waals surface area contributed by atoms with Crippen molar-refractivity contribution in [2.45, 2.75) is 11.3 Å². The lowest BCUT2D eigenvalue weighted by Gasteiger charge is -2.23. The normalized spacial score (nSPS) is 15.0. The van der Waals surface area contributed by atoms with Crippen LogP contribution >= 0.6 is 0 Å². The second-order valence-corrected chi connectivity index (χ2v) is 6.39. The highest BCUT2D eigenvalue weighted by molar-refractivity contribution is 7.92. The number of anilines is 2. The number of fused-ring (bicyclic) bond motifs is 1. The molecule has 7 nitrogen and oxygen atoms in total. The van der Waals surface area contributed by atoms with Gasteiger partial charge in [0.2, 0.25) is 5.95 Å². The first-order chi connectivity index (χ1) is 10.1. The molecular formula is C13H14N4O3S. The number of nitrogens with two attached hydrogens (primary N) is 1. The van der Waals surface area contributed by atoms with Gasteiger partial charge in [-0.3, -0.25) is 4.31 Å². The first kappa shape index (κ1) is 13.6. The van der Waals surface area contributed by atoms with E-state index in [2.05, 4.69) is 9.97 Å². The lowest BCUT2D eigenvalue weighted by Crippen LogP contribution is -2.31. The first-order valence-electron chi connectivity index (χ1n) is 6.41. The van der Waals surface area contributed by atoms with Crippen molar-refractivity contribution >= 4 is 21.7 Å². The van der Waals surface area contributed by atoms with Crippen LogP contribution in [0, 0.1) is 0 Å². The van der Waals surface area contributed by atoms with Gasteiger partial charge in [0, 0.05) is 13.0 Å². The number of aromatic nitrogens is 2. The van der Waals surface area contributed by atoms with Crippen LogP contribution in [0.1, 0.15) is 6.42 Å². The minimum absolute atomic E-state index is 0.00778. The monoisotopic (exact) mass is 306 g/mol. The van der Waals surface area contributed by atoms with E-state index in [0.29, 0.717) is 31.0 Å². The van der Waals surface area contributed by atoms with Gasteiger partial charge in [-0.15, -0.1) is 0 Å². The van der Waals surface area contributed by atoms with E-state index in [4.69, 9.17) is 10.5 Å². The number of benzene rings is 1. The van der Waals surface area contributed by atoms with Gasteiger partial charge < -0.3 is 10.5 Å². The zero-order valence-electron chi connectivity index (χ0n) is 11.1. The molecule has 1 aliphatic heterocycles. The topological polar surface area (TPSA) is 98.4 Å². The average molecular weight is 306 g/mol. The maximum atomic E-state index is 12.8. The summed E-state index contributed by atoms with van der Waals surface area (Å²) < 4.78 is 32.4. The Balaban J connectivity index is 2.08. The van der Waals surface area contributed by atoms with Crippen LogP contribution in [0.25, 0.3) is 0 Å². The number of nitrogen functional groups attached to an aromatic ring is 1. The summed E-state index contributed by atoms with van der Waals surface area (Å²) in [4.78, 5) is 7.51. The van der Waals surface area contributed by atoms with E-state index >= 15 is 0 Å². The fourth-order valence-electron chi connectivity index (χ4n) is 2.13. The van der Waals surface area contributed by atoms with Crippen LogP contribution in [0.2, 0.25) is 0 Å². The van der Waals surface area contributed by atoms with E-state index in [-0.39, 0.29) is 10.8 Å². The molecule has 21 heavy (non-hydrogen) atoms. The lowest BCUT2D eigenvalue weighted by molar-refractivity contribution is 0.322. The van der Waals surface area contributed by atoms with E-state index in [1.54, 1.807) is 24.3 Å². The highest BCUT2D eigenvalue weighted by atomic mass is 32.2. The van der Waals surface area contributed by atoms with Crippen LogP contribution in [-0.2, 0) is 10.0 Å². The van der Waals surface area contributed by atoms with Gasteiger partial charge in [0.1, 0.15) is 10.6 Å². The van der Waals surface area contributed by atoms with E-state index in [1.165, 1.54) is 16.7 Å². The van der Waals surface area contributed by atoms with Gasteiger partial charge in [-0.05, 0) is 12.1 Å². The zero-order valence-corrected chi connectivity index (χ0v) is 12.0. The Hall–Kier alpha value is -2.35. The number of hydrogen-bond acceptors (Lipinski definition) is 6. The van der Waals surface area contributed by atoms with E-state index in [9.17, 15) is 8.42 Å². The van der Waals surface area contributed by atoms with Gasteiger partial charge in [-0.2, -0.15) is 0 Å². The van der Waals surface area contributed by atoms with Gasteiger partial charge in [-0.1, -0.05) is 12.1 Å². The van der Waals surface area contributed by atoms with Crippen LogP contribution in [0.15, 0.2) is 41.6 Å². The molecule has 8 heteroatoms. The predicted molar refractivity (Wildman–Crippen MR) is 77.5 cm³/mol. The summed E-state index contributed by atoms with van der Waals surface area (Å²) in [5.74, 6) is 0.587. The smallest absolute Gasteiger partial charge is 0.267 e. The zero-order chi connectivity index (χ0) is 14.9. The number of hydrogen-bond donors (Lipinski definition) is 1. The third-order valence-electron chi connectivity index (χ3n) is 3.13. The molecule has 0 amide bonds. The molecular weight excluding hydrogens is 292 g/mol. The summed E-state index contributed by atoms with van der Waals surface area (Å²) >= 11 is 0. The second kappa shape index (κ2) is 5.21. The molecule has 0 fully saturated rings. The SMILES string of the molecule is Nc1ncc(S(=O)(=O)N2CCCOc3ccccc32)cn1. The van der Waals surface area contributed by atoms with E-state index < -0.39 is 10.0 Å². The molecule has 2 heterocycles. The van der Waals surface area contributed by atoms with Crippen LogP contribution in [0.3, 0.4) is 0 Å². The summed E-state index contributed by atoms with van der Waals surface area (Å²) in [5, 5.41) is 0. The molecule has 0 unspecified atom stereocenters. The molecule has 3 rings (SSSR count). The Kier molecular flexibility index (Phi) is 3.38. The molecule has 2 N–H and O–H groups in total. The van der Waals surface area contributed by atoms with E-state index in [0.717, 1.165) is 0 Å². The van der Waals surface area contributed by atoms with Gasteiger partial charge in [-0.25, -0.2) is 18.4 Å². The molecule has 1 aromatic heterocycles. The molecule has 0 saturated carbocycles. The number of rotatable bonds is 2. The van der Waals surface area contributed by atoms with Crippen molar-refractivity contribution < 1.29 is 13.2 Å². The lowest BCUT2D eigenvalue weighted by atomic mass is 10.3. The number of sulfonamides is 1. The highest BCUT2D eigenvalue weighted by Gasteiger charge is 2.29. The number of nitrogens with zero attached hydrogens (tertiary/aromatic N) is 3. The Bertz CT molecular complexity index is 746. The molecule has 1 aliphatic rings. The third kappa shape index (κ3) is 2.49. The van der Waals surface area contributed by atoms with Crippen LogP contribution < -0.4 is 14.8 Å². The number of ether oxygens (including phenoxy) is 1. The molecule has 0 bridgehead atoms. The van der Waals surface area contributed by atoms with Gasteiger partial charge >= 0.3 is 0 Å². The minimum atomic E-state index is -3.74. The summed E-state index contributed by atoms with van der Waals surface area (Å²) in [7, 11) is -3.74. The summed E-state index contributed by atoms with van der Waals surface area (Å²) in [6.45, 7) is 0.811. The van der Waals surface area contributed by atoms with Crippen molar-refractivity contribution in [3.63, 3.8) is 0 Å². The van der Waals surface area contributed by atoms with Crippen molar-refractivity contribution in [3.8, 4) is 5.75 Å².